The summed E-state index contributed by atoms with van der Waals surface area (Å²) in [5, 5.41) is 15.7. The summed E-state index contributed by atoms with van der Waals surface area (Å²) in [5.41, 5.74) is 3.07. The van der Waals surface area contributed by atoms with E-state index in [2.05, 4.69) is 29.1 Å². The highest BCUT2D eigenvalue weighted by molar-refractivity contribution is 5.84. The van der Waals surface area contributed by atoms with Gasteiger partial charge in [-0.05, 0) is 101 Å². The van der Waals surface area contributed by atoms with E-state index >= 15 is 0 Å². The summed E-state index contributed by atoms with van der Waals surface area (Å²) in [6.07, 6.45) is 10.6. The van der Waals surface area contributed by atoms with Crippen molar-refractivity contribution in [3.8, 4) is 5.75 Å². The Morgan fingerprint density at radius 1 is 1.10 bits per heavy atom. The molecule has 0 amide bonds. The molecule has 2 heterocycles. The molecule has 2 aliphatic carbocycles. The number of likely N-dealkylation sites (tertiary alicyclic amines) is 1. The molecule has 1 aromatic carbocycles. The molecular weight excluding hydrogens is 376 g/mol. The molecular formula is C25H36N2O3. The third-order valence-corrected chi connectivity index (χ3v) is 7.69. The highest BCUT2D eigenvalue weighted by Crippen LogP contribution is 2.34. The normalized spacial score (nSPS) is 25.9. The van der Waals surface area contributed by atoms with Gasteiger partial charge in [-0.2, -0.15) is 0 Å². The first kappa shape index (κ1) is 20.3. The number of rotatable bonds is 8. The molecule has 0 radical (unpaired) electrons. The fourth-order valence-corrected chi connectivity index (χ4v) is 5.36. The van der Waals surface area contributed by atoms with Crippen molar-refractivity contribution < 1.29 is 14.4 Å². The maximum Gasteiger partial charge on any atom is 0.173 e. The Balaban J connectivity index is 1.12. The number of nitrogens with zero attached hydrogens (tertiary/aromatic N) is 2. The minimum absolute atomic E-state index is 0.0637. The third kappa shape index (κ3) is 4.52. The highest BCUT2D eigenvalue weighted by Gasteiger charge is 2.29. The molecule has 2 saturated carbocycles. The summed E-state index contributed by atoms with van der Waals surface area (Å²) in [6, 6.07) is 4.22. The van der Waals surface area contributed by atoms with E-state index in [0.29, 0.717) is 5.92 Å². The Morgan fingerprint density at radius 2 is 1.93 bits per heavy atom. The van der Waals surface area contributed by atoms with Gasteiger partial charge in [-0.1, -0.05) is 11.6 Å². The van der Waals surface area contributed by atoms with E-state index in [9.17, 15) is 5.11 Å². The monoisotopic (exact) mass is 412 g/mol. The predicted molar refractivity (Wildman–Crippen MR) is 118 cm³/mol. The molecule has 5 heteroatoms. The lowest BCUT2D eigenvalue weighted by molar-refractivity contribution is 0.0859. The summed E-state index contributed by atoms with van der Waals surface area (Å²) in [7, 11) is 0. The smallest absolute Gasteiger partial charge is 0.173 e. The number of ether oxygens (including phenoxy) is 1. The van der Waals surface area contributed by atoms with Crippen molar-refractivity contribution in [3.63, 3.8) is 0 Å². The molecule has 164 valence electrons. The van der Waals surface area contributed by atoms with Crippen LogP contribution in [0.25, 0.3) is 11.0 Å². The number of hydrogen-bond donors (Lipinski definition) is 1. The average Bonchev–Trinajstić information content (AvgIpc) is 3.36. The molecule has 5 rings (SSSR count). The molecule has 2 unspecified atom stereocenters. The van der Waals surface area contributed by atoms with Crippen LogP contribution in [0, 0.1) is 24.7 Å². The molecule has 1 aromatic heterocycles. The SMILES string of the molecule is Cc1c(OCC2CC2)ccc2c(CCC3CCN(CC4CCCC4O)CC3)noc12. The van der Waals surface area contributed by atoms with Crippen molar-refractivity contribution >= 4 is 11.0 Å². The van der Waals surface area contributed by atoms with Gasteiger partial charge >= 0.3 is 0 Å². The van der Waals surface area contributed by atoms with E-state index in [0.717, 1.165) is 65.8 Å². The summed E-state index contributed by atoms with van der Waals surface area (Å²) in [5.74, 6) is 2.96. The molecule has 3 fully saturated rings. The van der Waals surface area contributed by atoms with Gasteiger partial charge in [0.1, 0.15) is 5.75 Å². The van der Waals surface area contributed by atoms with Gasteiger partial charge < -0.3 is 19.3 Å². The topological polar surface area (TPSA) is 58.7 Å². The Bertz CT molecular complexity index is 851. The van der Waals surface area contributed by atoms with E-state index in [1.54, 1.807) is 0 Å². The first-order chi connectivity index (χ1) is 14.7. The van der Waals surface area contributed by atoms with Gasteiger partial charge in [0, 0.05) is 17.5 Å². The van der Waals surface area contributed by atoms with Crippen LogP contribution in [0.3, 0.4) is 0 Å². The second kappa shape index (κ2) is 8.88. The number of benzene rings is 1. The minimum atomic E-state index is -0.0637. The summed E-state index contributed by atoms with van der Waals surface area (Å²) in [4.78, 5) is 2.58. The zero-order valence-corrected chi connectivity index (χ0v) is 18.3. The van der Waals surface area contributed by atoms with E-state index in [4.69, 9.17) is 9.26 Å². The van der Waals surface area contributed by atoms with E-state index in [1.807, 2.05) is 0 Å². The van der Waals surface area contributed by atoms with Gasteiger partial charge in [-0.3, -0.25) is 0 Å². The van der Waals surface area contributed by atoms with Crippen molar-refractivity contribution in [3.05, 3.63) is 23.4 Å². The van der Waals surface area contributed by atoms with Crippen LogP contribution in [0.5, 0.6) is 5.75 Å². The number of fused-ring (bicyclic) bond motifs is 1. The van der Waals surface area contributed by atoms with Crippen LogP contribution >= 0.6 is 0 Å². The number of aliphatic hydroxyl groups is 1. The van der Waals surface area contributed by atoms with Crippen molar-refractivity contribution in [1.29, 1.82) is 0 Å². The molecule has 2 atom stereocenters. The maximum absolute atomic E-state index is 10.1. The van der Waals surface area contributed by atoms with Gasteiger partial charge in [0.25, 0.3) is 0 Å². The van der Waals surface area contributed by atoms with Crippen LogP contribution in [-0.4, -0.2) is 47.5 Å². The zero-order valence-electron chi connectivity index (χ0n) is 18.3. The van der Waals surface area contributed by atoms with Crippen LogP contribution in [-0.2, 0) is 6.42 Å². The summed E-state index contributed by atoms with van der Waals surface area (Å²) in [6.45, 7) is 6.34. The minimum Gasteiger partial charge on any atom is -0.493 e. The fraction of sp³-hybridized carbons (Fsp3) is 0.720. The Labute approximate surface area is 179 Å². The zero-order chi connectivity index (χ0) is 20.5. The average molecular weight is 413 g/mol. The van der Waals surface area contributed by atoms with Gasteiger partial charge in [0.05, 0.1) is 18.4 Å². The standard InChI is InChI=1S/C25H36N2O3/c1-17-24(29-16-19-5-6-19)10-8-21-22(26-30-25(17)21)9-7-18-11-13-27(14-12-18)15-20-3-2-4-23(20)28/h8,10,18-20,23,28H,2-7,9,11-16H2,1H3. The molecule has 0 bridgehead atoms. The number of aliphatic hydroxyl groups excluding tert-OH is 1. The Hall–Kier alpha value is -1.59. The van der Waals surface area contributed by atoms with E-state index in [1.165, 1.54) is 58.0 Å². The molecule has 5 nitrogen and oxygen atoms in total. The van der Waals surface area contributed by atoms with Crippen molar-refractivity contribution in [2.24, 2.45) is 17.8 Å². The lowest BCUT2D eigenvalue weighted by atomic mass is 9.90. The van der Waals surface area contributed by atoms with Gasteiger partial charge in [-0.15, -0.1) is 0 Å². The van der Waals surface area contributed by atoms with Crippen molar-refractivity contribution in [1.82, 2.24) is 10.1 Å². The molecule has 1 N–H and O–H groups in total. The molecule has 30 heavy (non-hydrogen) atoms. The van der Waals surface area contributed by atoms with Crippen molar-refractivity contribution in [2.45, 2.75) is 70.8 Å². The number of aryl methyl sites for hydroxylation is 2. The Morgan fingerprint density at radius 3 is 2.67 bits per heavy atom. The van der Waals surface area contributed by atoms with Gasteiger partial charge in [-0.25, -0.2) is 0 Å². The lowest BCUT2D eigenvalue weighted by Gasteiger charge is -2.34. The van der Waals surface area contributed by atoms with Gasteiger partial charge in [0.15, 0.2) is 5.58 Å². The first-order valence-electron chi connectivity index (χ1n) is 12.1. The van der Waals surface area contributed by atoms with E-state index < -0.39 is 0 Å². The van der Waals surface area contributed by atoms with E-state index in [-0.39, 0.29) is 6.10 Å². The predicted octanol–water partition coefficient (Wildman–Crippen LogP) is 4.73. The molecule has 3 aliphatic rings. The fourth-order valence-electron chi connectivity index (χ4n) is 5.36. The van der Waals surface area contributed by atoms with Crippen LogP contribution in [0.15, 0.2) is 16.7 Å². The quantitative estimate of drug-likeness (QED) is 0.679. The molecule has 1 saturated heterocycles. The molecule has 1 aliphatic heterocycles. The maximum atomic E-state index is 10.1. The summed E-state index contributed by atoms with van der Waals surface area (Å²) < 4.78 is 11.7. The third-order valence-electron chi connectivity index (χ3n) is 7.69. The second-order valence-corrected chi connectivity index (χ2v) is 9.99. The highest BCUT2D eigenvalue weighted by atomic mass is 16.5. The first-order valence-corrected chi connectivity index (χ1v) is 12.1. The van der Waals surface area contributed by atoms with Crippen LogP contribution in [0.2, 0.25) is 0 Å². The largest absolute Gasteiger partial charge is 0.493 e. The molecule has 2 aromatic rings. The number of hydrogen-bond acceptors (Lipinski definition) is 5. The van der Waals surface area contributed by atoms with Crippen LogP contribution in [0.4, 0.5) is 0 Å². The van der Waals surface area contributed by atoms with Crippen LogP contribution < -0.4 is 4.74 Å². The molecule has 0 spiro atoms. The number of aromatic nitrogens is 1. The summed E-state index contributed by atoms with van der Waals surface area (Å²) >= 11 is 0. The van der Waals surface area contributed by atoms with Gasteiger partial charge in [0.2, 0.25) is 0 Å². The number of piperidine rings is 1. The lowest BCUT2D eigenvalue weighted by Crippen LogP contribution is -2.38. The Kier molecular flexibility index (Phi) is 6.01. The second-order valence-electron chi connectivity index (χ2n) is 9.99. The van der Waals surface area contributed by atoms with Crippen molar-refractivity contribution in [2.75, 3.05) is 26.2 Å². The van der Waals surface area contributed by atoms with Crippen LogP contribution in [0.1, 0.15) is 62.6 Å².